The van der Waals surface area contributed by atoms with Crippen molar-refractivity contribution in [2.75, 3.05) is 14.1 Å². The quantitative estimate of drug-likeness (QED) is 0.729. The molecule has 0 unspecified atom stereocenters. The Balaban J connectivity index is 5.27. The second-order valence-corrected chi connectivity index (χ2v) is 4.80. The third kappa shape index (κ3) is 2.56. The zero-order valence-corrected chi connectivity index (χ0v) is 10.5. The van der Waals surface area contributed by atoms with Gasteiger partial charge in [-0.25, -0.2) is 4.79 Å². The van der Waals surface area contributed by atoms with Crippen molar-refractivity contribution in [3.63, 3.8) is 0 Å². The molecule has 0 aromatic carbocycles. The van der Waals surface area contributed by atoms with E-state index in [9.17, 15) is 9.90 Å². The predicted molar refractivity (Wildman–Crippen MR) is 65.2 cm³/mol. The van der Waals surface area contributed by atoms with Gasteiger partial charge in [-0.1, -0.05) is 24.4 Å². The molecule has 3 nitrogen and oxygen atoms in total. The number of carbonyl (C=O) groups is 1. The number of nitrogens with zero attached hydrogens (tertiary/aromatic N) is 1. The van der Waals surface area contributed by atoms with Crippen molar-refractivity contribution in [2.45, 2.75) is 25.8 Å². The highest BCUT2D eigenvalue weighted by atomic mass is 32.1. The van der Waals surface area contributed by atoms with E-state index in [1.165, 1.54) is 0 Å². The molecule has 14 heavy (non-hydrogen) atoms. The number of aliphatic carboxylic acids is 1. The Morgan fingerprint density at radius 1 is 1.36 bits per heavy atom. The number of hydrogen-bond donors (Lipinski definition) is 1. The smallest absolute Gasteiger partial charge is 0.329 e. The molecule has 0 saturated carbocycles. The van der Waals surface area contributed by atoms with Gasteiger partial charge in [0.05, 0.1) is 0 Å². The number of likely N-dealkylation sites (N-methyl/N-ethyl adjacent to an activating group) is 1. The fourth-order valence-electron chi connectivity index (χ4n) is 1.38. The van der Waals surface area contributed by atoms with Gasteiger partial charge < -0.3 is 5.11 Å². The van der Waals surface area contributed by atoms with Crippen LogP contribution in [0, 0.1) is 0 Å². The summed E-state index contributed by atoms with van der Waals surface area (Å²) in [5.41, 5.74) is -1.14. The topological polar surface area (TPSA) is 40.5 Å². The van der Waals surface area contributed by atoms with E-state index in [1.54, 1.807) is 32.8 Å². The monoisotopic (exact) mass is 233 g/mol. The van der Waals surface area contributed by atoms with Crippen molar-refractivity contribution in [2.24, 2.45) is 0 Å². The second kappa shape index (κ2) is 4.91. The maximum Gasteiger partial charge on any atom is 0.329 e. The second-order valence-electron chi connectivity index (χ2n) is 3.49. The summed E-state index contributed by atoms with van der Waals surface area (Å²) >= 11 is 9.97. The zero-order chi connectivity index (χ0) is 11.5. The molecule has 0 spiro atoms. The van der Waals surface area contributed by atoms with E-state index in [2.05, 4.69) is 0 Å². The van der Waals surface area contributed by atoms with E-state index < -0.39 is 11.5 Å². The third-order valence-electron chi connectivity index (χ3n) is 2.20. The maximum atomic E-state index is 11.3. The number of carboxylic acid groups (broad SMARTS) is 1. The number of carboxylic acids is 1. The van der Waals surface area contributed by atoms with Crippen LogP contribution in [-0.4, -0.2) is 45.3 Å². The average Bonchev–Trinajstić information content (AvgIpc) is 1.97. The molecular weight excluding hydrogens is 218 g/mol. The lowest BCUT2D eigenvalue weighted by Crippen LogP contribution is -2.56. The van der Waals surface area contributed by atoms with Crippen LogP contribution in [0.5, 0.6) is 0 Å². The molecule has 0 bridgehead atoms. The molecule has 0 aliphatic carbocycles. The SMILES string of the molecule is CC(=S)C[C@](C(=O)O)(C(C)=S)N(C)C. The summed E-state index contributed by atoms with van der Waals surface area (Å²) in [4.78, 5) is 13.9. The minimum absolute atomic E-state index is 0.278. The van der Waals surface area contributed by atoms with Gasteiger partial charge in [0.15, 0.2) is 5.54 Å². The Morgan fingerprint density at radius 2 is 1.79 bits per heavy atom. The van der Waals surface area contributed by atoms with Crippen LogP contribution in [0.15, 0.2) is 0 Å². The number of hydrogen-bond acceptors (Lipinski definition) is 4. The van der Waals surface area contributed by atoms with Gasteiger partial charge in [0.25, 0.3) is 0 Å². The molecule has 0 fully saturated rings. The van der Waals surface area contributed by atoms with E-state index in [0.717, 1.165) is 0 Å². The van der Waals surface area contributed by atoms with Crippen LogP contribution in [0.1, 0.15) is 20.3 Å². The van der Waals surface area contributed by atoms with Crippen molar-refractivity contribution in [3.8, 4) is 0 Å². The molecule has 0 heterocycles. The predicted octanol–water partition coefficient (Wildman–Crippen LogP) is 1.54. The van der Waals surface area contributed by atoms with Gasteiger partial charge in [0, 0.05) is 11.3 Å². The fraction of sp³-hybridized carbons (Fsp3) is 0.667. The minimum Gasteiger partial charge on any atom is -0.480 e. The molecule has 0 aromatic heterocycles. The summed E-state index contributed by atoms with van der Waals surface area (Å²) in [5.74, 6) is -0.945. The Hall–Kier alpha value is -0.390. The minimum atomic E-state index is -1.14. The summed E-state index contributed by atoms with van der Waals surface area (Å²) in [7, 11) is 3.39. The van der Waals surface area contributed by atoms with Crippen LogP contribution in [0.25, 0.3) is 0 Å². The first-order valence-corrected chi connectivity index (χ1v) is 4.98. The van der Waals surface area contributed by atoms with Gasteiger partial charge in [-0.15, -0.1) is 0 Å². The Bertz CT molecular complexity index is 260. The highest BCUT2D eigenvalue weighted by molar-refractivity contribution is 7.81. The molecule has 5 heteroatoms. The largest absolute Gasteiger partial charge is 0.480 e. The highest BCUT2D eigenvalue weighted by Crippen LogP contribution is 2.21. The average molecular weight is 233 g/mol. The standard InChI is InChI=1S/C9H15NO2S2/c1-6(13)5-9(7(2)14,8(11)12)10(3)4/h5H2,1-4H3,(H,11,12)/t9-/m1/s1. The van der Waals surface area contributed by atoms with Gasteiger partial charge in [0.2, 0.25) is 0 Å². The van der Waals surface area contributed by atoms with Crippen molar-refractivity contribution in [1.29, 1.82) is 0 Å². The van der Waals surface area contributed by atoms with Gasteiger partial charge in [0.1, 0.15) is 0 Å². The molecule has 0 amide bonds. The van der Waals surface area contributed by atoms with Gasteiger partial charge in [-0.2, -0.15) is 0 Å². The van der Waals surface area contributed by atoms with E-state index in [4.69, 9.17) is 24.4 Å². The van der Waals surface area contributed by atoms with Crippen molar-refractivity contribution in [1.82, 2.24) is 4.90 Å². The van der Waals surface area contributed by atoms with Gasteiger partial charge >= 0.3 is 5.97 Å². The van der Waals surface area contributed by atoms with Crippen LogP contribution in [0.4, 0.5) is 0 Å². The number of rotatable bonds is 5. The van der Waals surface area contributed by atoms with Crippen LogP contribution in [0.2, 0.25) is 0 Å². The van der Waals surface area contributed by atoms with Crippen LogP contribution >= 0.6 is 24.4 Å². The first-order chi connectivity index (χ1) is 6.25. The van der Waals surface area contributed by atoms with Crippen LogP contribution < -0.4 is 0 Å². The summed E-state index contributed by atoms with van der Waals surface area (Å²) < 4.78 is 0. The Kier molecular flexibility index (Phi) is 4.77. The summed E-state index contributed by atoms with van der Waals surface area (Å²) in [5, 5.41) is 9.22. The van der Waals surface area contributed by atoms with E-state index in [0.29, 0.717) is 9.73 Å². The summed E-state index contributed by atoms with van der Waals surface area (Å²) in [6.45, 7) is 3.37. The van der Waals surface area contributed by atoms with Crippen LogP contribution in [-0.2, 0) is 4.79 Å². The van der Waals surface area contributed by atoms with Gasteiger partial charge in [-0.3, -0.25) is 4.90 Å². The van der Waals surface area contributed by atoms with E-state index >= 15 is 0 Å². The molecular formula is C9H15NO2S2. The maximum absolute atomic E-state index is 11.3. The first kappa shape index (κ1) is 13.6. The molecule has 0 saturated heterocycles. The summed E-state index contributed by atoms with van der Waals surface area (Å²) in [6.07, 6.45) is 0.278. The lowest BCUT2D eigenvalue weighted by molar-refractivity contribution is -0.145. The molecule has 1 N–H and O–H groups in total. The Morgan fingerprint density at radius 3 is 1.86 bits per heavy atom. The van der Waals surface area contributed by atoms with Crippen molar-refractivity contribution < 1.29 is 9.90 Å². The molecule has 1 atom stereocenters. The third-order valence-corrected chi connectivity index (χ3v) is 2.69. The lowest BCUT2D eigenvalue weighted by Gasteiger charge is -2.35. The van der Waals surface area contributed by atoms with Crippen LogP contribution in [0.3, 0.4) is 0 Å². The molecule has 0 aliphatic rings. The fourth-order valence-corrected chi connectivity index (χ4v) is 1.93. The summed E-state index contributed by atoms with van der Waals surface area (Å²) in [6, 6.07) is 0. The molecule has 80 valence electrons. The van der Waals surface area contributed by atoms with Gasteiger partial charge in [-0.05, 0) is 32.8 Å². The van der Waals surface area contributed by atoms with E-state index in [-0.39, 0.29) is 6.42 Å². The molecule has 0 aromatic rings. The molecule has 0 rings (SSSR count). The highest BCUT2D eigenvalue weighted by Gasteiger charge is 2.43. The normalized spacial score (nSPS) is 14.9. The first-order valence-electron chi connectivity index (χ1n) is 4.16. The molecule has 0 radical (unpaired) electrons. The van der Waals surface area contributed by atoms with Crippen molar-refractivity contribution in [3.05, 3.63) is 0 Å². The Labute approximate surface area is 95.1 Å². The lowest BCUT2D eigenvalue weighted by atomic mass is 9.89. The van der Waals surface area contributed by atoms with E-state index in [1.807, 2.05) is 0 Å². The number of thiocarbonyl (C=S) groups is 2. The zero-order valence-electron chi connectivity index (χ0n) is 8.83. The molecule has 0 aliphatic heterocycles. The van der Waals surface area contributed by atoms with Crippen molar-refractivity contribution >= 4 is 40.1 Å².